The number of rotatable bonds is 1. The molecule has 76 valence electrons. The summed E-state index contributed by atoms with van der Waals surface area (Å²) in [5, 5.41) is 10.2. The summed E-state index contributed by atoms with van der Waals surface area (Å²) < 4.78 is 48.7. The average Bonchev–Trinajstić information content (AvgIpc) is 2.02. The van der Waals surface area contributed by atoms with E-state index in [1.807, 2.05) is 0 Å². The number of hydrogen-bond acceptors (Lipinski definition) is 2. The van der Waals surface area contributed by atoms with Gasteiger partial charge < -0.3 is 9.90 Å². The van der Waals surface area contributed by atoms with Crippen LogP contribution in [0.3, 0.4) is 0 Å². The number of alkyl halides is 3. The maximum Gasteiger partial charge on any atom is 1.00 e. The number of carboxylic acids is 1. The zero-order valence-electron chi connectivity index (χ0n) is 7.56. The van der Waals surface area contributed by atoms with Crippen LogP contribution in [-0.4, -0.2) is 5.97 Å². The van der Waals surface area contributed by atoms with E-state index in [2.05, 4.69) is 0 Å². The van der Waals surface area contributed by atoms with Crippen molar-refractivity contribution in [2.45, 2.75) is 6.18 Å². The van der Waals surface area contributed by atoms with E-state index in [0.717, 1.165) is 0 Å². The molecule has 0 aliphatic heterocycles. The quantitative estimate of drug-likeness (QED) is 0.434. The zero-order valence-corrected chi connectivity index (χ0v) is 10.7. The molecule has 1 aromatic carbocycles. The van der Waals surface area contributed by atoms with Crippen LogP contribution in [0, 0.1) is 5.82 Å². The molecule has 1 aromatic rings. The van der Waals surface area contributed by atoms with Gasteiger partial charge >= 0.3 is 57.6 Å². The second kappa shape index (κ2) is 5.40. The van der Waals surface area contributed by atoms with Crippen LogP contribution in [0.2, 0.25) is 0 Å². The van der Waals surface area contributed by atoms with Crippen LogP contribution in [0.5, 0.6) is 0 Å². The second-order valence-electron chi connectivity index (χ2n) is 2.48. The van der Waals surface area contributed by atoms with E-state index in [0.29, 0.717) is 12.1 Å². The zero-order chi connectivity index (χ0) is 10.9. The minimum absolute atomic E-state index is 0. The molecule has 0 atom stereocenters. The maximum atomic E-state index is 12.6. The first-order chi connectivity index (χ1) is 6.32. The predicted molar refractivity (Wildman–Crippen MR) is 35.7 cm³/mol. The van der Waals surface area contributed by atoms with Crippen molar-refractivity contribution in [1.29, 1.82) is 0 Å². The Balaban J connectivity index is 0.00000196. The molecule has 7 heteroatoms. The van der Waals surface area contributed by atoms with Gasteiger partial charge in [-0.2, -0.15) is 13.2 Å². The summed E-state index contributed by atoms with van der Waals surface area (Å²) in [6.45, 7) is 0. The van der Waals surface area contributed by atoms with Crippen molar-refractivity contribution in [3.05, 3.63) is 35.1 Å². The van der Waals surface area contributed by atoms with Crippen molar-refractivity contribution in [2.75, 3.05) is 0 Å². The third kappa shape index (κ3) is 3.84. The van der Waals surface area contributed by atoms with Crippen molar-refractivity contribution in [1.82, 2.24) is 0 Å². The van der Waals surface area contributed by atoms with Gasteiger partial charge in [0, 0.05) is 0 Å². The monoisotopic (exact) mass is 246 g/mol. The van der Waals surface area contributed by atoms with Crippen LogP contribution in [0.25, 0.3) is 0 Å². The molecule has 0 saturated heterocycles. The average molecular weight is 246 g/mol. The molecule has 0 saturated carbocycles. The molecule has 0 aromatic heterocycles. The molecule has 0 radical (unpaired) electrons. The van der Waals surface area contributed by atoms with Crippen LogP contribution >= 0.6 is 0 Å². The molecule has 0 unspecified atom stereocenters. The fraction of sp³-hybridized carbons (Fsp3) is 0.125. The second-order valence-corrected chi connectivity index (χ2v) is 2.48. The molecule has 0 aliphatic carbocycles. The largest absolute Gasteiger partial charge is 1.00 e. The van der Waals surface area contributed by atoms with Gasteiger partial charge in [0.05, 0.1) is 11.5 Å². The normalized spacial score (nSPS) is 10.7. The van der Waals surface area contributed by atoms with Gasteiger partial charge in [-0.05, 0) is 17.7 Å². The SMILES string of the molecule is O=C([O-])c1ccc(F)c(C(F)(F)F)c1.[K+]. The van der Waals surface area contributed by atoms with Crippen molar-refractivity contribution in [3.63, 3.8) is 0 Å². The number of carbonyl (C=O) groups is 1. The molecule has 0 bridgehead atoms. The van der Waals surface area contributed by atoms with Gasteiger partial charge in [0.15, 0.2) is 0 Å². The van der Waals surface area contributed by atoms with E-state index in [1.165, 1.54) is 0 Å². The summed E-state index contributed by atoms with van der Waals surface area (Å²) in [6, 6.07) is 1.35. The Hall–Kier alpha value is 0.0464. The van der Waals surface area contributed by atoms with Crippen LogP contribution in [-0.2, 0) is 6.18 Å². The molecular formula is C8H3F4KO2. The van der Waals surface area contributed by atoms with Gasteiger partial charge in [-0.25, -0.2) is 4.39 Å². The molecular weight excluding hydrogens is 243 g/mol. The van der Waals surface area contributed by atoms with Crippen LogP contribution < -0.4 is 56.5 Å². The minimum Gasteiger partial charge on any atom is -0.545 e. The number of halogens is 4. The first-order valence-corrected chi connectivity index (χ1v) is 3.40. The van der Waals surface area contributed by atoms with Gasteiger partial charge in [0.25, 0.3) is 0 Å². The Morgan fingerprint density at radius 1 is 1.27 bits per heavy atom. The Kier molecular flexibility index (Phi) is 5.41. The summed E-state index contributed by atoms with van der Waals surface area (Å²) in [6.07, 6.45) is -4.91. The Labute approximate surface area is 125 Å². The van der Waals surface area contributed by atoms with Crippen LogP contribution in [0.4, 0.5) is 17.6 Å². The summed E-state index contributed by atoms with van der Waals surface area (Å²) in [5.41, 5.74) is -2.32. The van der Waals surface area contributed by atoms with Crippen molar-refractivity contribution >= 4 is 5.97 Å². The molecule has 15 heavy (non-hydrogen) atoms. The number of benzene rings is 1. The number of carbonyl (C=O) groups excluding carboxylic acids is 1. The van der Waals surface area contributed by atoms with Gasteiger partial charge in [-0.3, -0.25) is 0 Å². The van der Waals surface area contributed by atoms with Crippen molar-refractivity contribution in [2.24, 2.45) is 0 Å². The summed E-state index contributed by atoms with van der Waals surface area (Å²) in [4.78, 5) is 10.2. The fourth-order valence-electron chi connectivity index (χ4n) is 0.869. The maximum absolute atomic E-state index is 12.6. The molecule has 0 amide bonds. The van der Waals surface area contributed by atoms with Crippen molar-refractivity contribution < 1.29 is 78.8 Å². The third-order valence-electron chi connectivity index (χ3n) is 1.51. The Morgan fingerprint density at radius 3 is 2.20 bits per heavy atom. The summed E-state index contributed by atoms with van der Waals surface area (Å²) in [7, 11) is 0. The summed E-state index contributed by atoms with van der Waals surface area (Å²) >= 11 is 0. The minimum atomic E-state index is -4.91. The first-order valence-electron chi connectivity index (χ1n) is 3.40. The first kappa shape index (κ1) is 15.0. The molecule has 0 fully saturated rings. The molecule has 0 spiro atoms. The predicted octanol–water partition coefficient (Wildman–Crippen LogP) is -1.79. The topological polar surface area (TPSA) is 40.1 Å². The summed E-state index contributed by atoms with van der Waals surface area (Å²) in [5.74, 6) is -3.29. The molecule has 0 heterocycles. The number of hydrogen-bond donors (Lipinski definition) is 0. The van der Waals surface area contributed by atoms with Crippen LogP contribution in [0.15, 0.2) is 18.2 Å². The van der Waals surface area contributed by atoms with Gasteiger partial charge in [0.2, 0.25) is 0 Å². The molecule has 1 rings (SSSR count). The van der Waals surface area contributed by atoms with E-state index >= 15 is 0 Å². The van der Waals surface area contributed by atoms with E-state index in [1.54, 1.807) is 0 Å². The fourth-order valence-corrected chi connectivity index (χ4v) is 0.869. The van der Waals surface area contributed by atoms with E-state index < -0.39 is 29.1 Å². The number of carboxylic acid groups (broad SMARTS) is 1. The molecule has 0 aliphatic rings. The van der Waals surface area contributed by atoms with E-state index in [4.69, 9.17) is 0 Å². The van der Waals surface area contributed by atoms with Gasteiger partial charge in [-0.1, -0.05) is 6.07 Å². The van der Waals surface area contributed by atoms with E-state index in [-0.39, 0.29) is 57.5 Å². The Morgan fingerprint density at radius 2 is 1.80 bits per heavy atom. The Bertz CT molecular complexity index is 375. The van der Waals surface area contributed by atoms with Crippen molar-refractivity contribution in [3.8, 4) is 0 Å². The van der Waals surface area contributed by atoms with E-state index in [9.17, 15) is 27.5 Å². The molecule has 0 N–H and O–H groups in total. The molecule has 2 nitrogen and oxygen atoms in total. The van der Waals surface area contributed by atoms with Gasteiger partial charge in [-0.15, -0.1) is 0 Å². The third-order valence-corrected chi connectivity index (χ3v) is 1.51. The van der Waals surface area contributed by atoms with Gasteiger partial charge in [0.1, 0.15) is 5.82 Å². The van der Waals surface area contributed by atoms with Crippen LogP contribution in [0.1, 0.15) is 15.9 Å². The number of aromatic carboxylic acids is 1. The smallest absolute Gasteiger partial charge is 0.545 e. The standard InChI is InChI=1S/C8H4F4O2.K/c9-6-2-1-4(7(13)14)3-5(6)8(10,11)12;/h1-3H,(H,13,14);/q;+1/p-1.